The largest absolute Gasteiger partial charge is 0.382 e. The Bertz CT molecular complexity index is 1120. The van der Waals surface area contributed by atoms with Crippen molar-refractivity contribution in [3.63, 3.8) is 0 Å². The zero-order valence-electron chi connectivity index (χ0n) is 14.6. The number of carbonyl (C=O) groups is 1. The molecule has 0 aliphatic heterocycles. The van der Waals surface area contributed by atoms with E-state index in [0.717, 1.165) is 16.5 Å². The predicted octanol–water partition coefficient (Wildman–Crippen LogP) is 2.03. The summed E-state index contributed by atoms with van der Waals surface area (Å²) in [6, 6.07) is 11.5. The maximum atomic E-state index is 12.6. The highest BCUT2D eigenvalue weighted by atomic mass is 16.1. The Morgan fingerprint density at radius 1 is 1.15 bits per heavy atom. The molecule has 8 heteroatoms. The smallest absolute Gasteiger partial charge is 0.274 e. The lowest BCUT2D eigenvalue weighted by Gasteiger charge is -2.11. The number of hydrogen-bond donors (Lipinski definition) is 2. The molecule has 1 aromatic carbocycles. The first-order chi connectivity index (χ1) is 13.1. The Hall–Kier alpha value is -3.81. The third-order valence-electron chi connectivity index (χ3n) is 4.16. The second-order valence-corrected chi connectivity index (χ2v) is 5.99. The minimum absolute atomic E-state index is 0.0552. The number of carbonyl (C=O) groups excluding carboxylic acids is 1. The third kappa shape index (κ3) is 3.20. The second-order valence-electron chi connectivity index (χ2n) is 5.99. The average Bonchev–Trinajstić information content (AvgIpc) is 3.22. The topological polar surface area (TPSA) is 112 Å². The number of nitrogens with one attached hydrogen (secondary N) is 1. The molecule has 0 unspecified atom stereocenters. The van der Waals surface area contributed by atoms with Gasteiger partial charge >= 0.3 is 0 Å². The molecular weight excluding hydrogens is 342 g/mol. The summed E-state index contributed by atoms with van der Waals surface area (Å²) in [7, 11) is 0. The highest BCUT2D eigenvalue weighted by Gasteiger charge is 2.17. The van der Waals surface area contributed by atoms with Crippen LogP contribution in [0.15, 0.2) is 55.0 Å². The molecular formula is C19H17N7O. The SMILES string of the molecule is Cc1nc(C(=O)NCc2cccc3cccnc23)c(N)nc1-n1cccn1. The number of amides is 1. The maximum Gasteiger partial charge on any atom is 0.274 e. The summed E-state index contributed by atoms with van der Waals surface area (Å²) in [5.74, 6) is 0.162. The van der Waals surface area contributed by atoms with Crippen LogP contribution in [-0.4, -0.2) is 30.6 Å². The number of nitrogens with zero attached hydrogens (tertiary/aromatic N) is 5. The van der Waals surface area contributed by atoms with Gasteiger partial charge in [-0.05, 0) is 24.6 Å². The Morgan fingerprint density at radius 2 is 2.00 bits per heavy atom. The molecule has 3 heterocycles. The molecule has 4 rings (SSSR count). The summed E-state index contributed by atoms with van der Waals surface area (Å²) >= 11 is 0. The van der Waals surface area contributed by atoms with Crippen molar-refractivity contribution in [1.82, 2.24) is 30.0 Å². The van der Waals surface area contributed by atoms with Gasteiger partial charge in [-0.25, -0.2) is 14.6 Å². The summed E-state index contributed by atoms with van der Waals surface area (Å²) in [6.45, 7) is 2.07. The fourth-order valence-corrected chi connectivity index (χ4v) is 2.87. The Labute approximate surface area is 155 Å². The normalized spacial score (nSPS) is 10.9. The number of para-hydroxylation sites is 1. The maximum absolute atomic E-state index is 12.6. The van der Waals surface area contributed by atoms with Gasteiger partial charge in [0.05, 0.1) is 11.2 Å². The molecule has 1 amide bonds. The van der Waals surface area contributed by atoms with Crippen molar-refractivity contribution in [2.24, 2.45) is 0 Å². The van der Waals surface area contributed by atoms with E-state index in [0.29, 0.717) is 18.1 Å². The van der Waals surface area contributed by atoms with Crippen LogP contribution in [0.3, 0.4) is 0 Å². The minimum Gasteiger partial charge on any atom is -0.382 e. The van der Waals surface area contributed by atoms with Crippen molar-refractivity contribution in [3.8, 4) is 5.82 Å². The van der Waals surface area contributed by atoms with Crippen LogP contribution in [0.2, 0.25) is 0 Å². The summed E-state index contributed by atoms with van der Waals surface area (Å²) in [5.41, 5.74) is 8.39. The van der Waals surface area contributed by atoms with Crippen molar-refractivity contribution in [1.29, 1.82) is 0 Å². The number of anilines is 1. The minimum atomic E-state index is -0.386. The van der Waals surface area contributed by atoms with Crippen molar-refractivity contribution in [2.75, 3.05) is 5.73 Å². The van der Waals surface area contributed by atoms with Gasteiger partial charge in [-0.15, -0.1) is 0 Å². The Balaban J connectivity index is 1.57. The molecule has 3 N–H and O–H groups in total. The zero-order chi connectivity index (χ0) is 18.8. The number of nitrogens with two attached hydrogens (primary N) is 1. The molecule has 0 atom stereocenters. The van der Waals surface area contributed by atoms with Crippen LogP contribution >= 0.6 is 0 Å². The fraction of sp³-hybridized carbons (Fsp3) is 0.105. The van der Waals surface area contributed by atoms with Crippen LogP contribution in [0.25, 0.3) is 16.7 Å². The number of aromatic nitrogens is 5. The molecule has 8 nitrogen and oxygen atoms in total. The van der Waals surface area contributed by atoms with Crippen molar-refractivity contribution in [3.05, 3.63) is 71.9 Å². The zero-order valence-corrected chi connectivity index (χ0v) is 14.6. The molecule has 0 saturated carbocycles. The summed E-state index contributed by atoms with van der Waals surface area (Å²) in [5, 5.41) is 7.98. The number of hydrogen-bond acceptors (Lipinski definition) is 6. The van der Waals surface area contributed by atoms with Crippen LogP contribution in [0.5, 0.6) is 0 Å². The molecule has 134 valence electrons. The number of benzene rings is 1. The van der Waals surface area contributed by atoms with Gasteiger partial charge in [-0.3, -0.25) is 9.78 Å². The number of aryl methyl sites for hydroxylation is 1. The van der Waals surface area contributed by atoms with E-state index in [4.69, 9.17) is 5.73 Å². The van der Waals surface area contributed by atoms with E-state index in [1.165, 1.54) is 0 Å². The first kappa shape index (κ1) is 16.6. The van der Waals surface area contributed by atoms with Crippen molar-refractivity contribution in [2.45, 2.75) is 13.5 Å². The van der Waals surface area contributed by atoms with E-state index in [1.54, 1.807) is 36.3 Å². The predicted molar refractivity (Wildman–Crippen MR) is 101 cm³/mol. The molecule has 27 heavy (non-hydrogen) atoms. The van der Waals surface area contributed by atoms with E-state index in [2.05, 4.69) is 25.4 Å². The van der Waals surface area contributed by atoms with Crippen molar-refractivity contribution < 1.29 is 4.79 Å². The van der Waals surface area contributed by atoms with E-state index in [-0.39, 0.29) is 17.4 Å². The lowest BCUT2D eigenvalue weighted by atomic mass is 10.1. The first-order valence-electron chi connectivity index (χ1n) is 8.38. The fourth-order valence-electron chi connectivity index (χ4n) is 2.87. The van der Waals surface area contributed by atoms with Gasteiger partial charge in [0.2, 0.25) is 0 Å². The number of pyridine rings is 1. The van der Waals surface area contributed by atoms with Crippen LogP contribution in [0.4, 0.5) is 5.82 Å². The quantitative estimate of drug-likeness (QED) is 0.577. The molecule has 0 radical (unpaired) electrons. The van der Waals surface area contributed by atoms with Crippen molar-refractivity contribution >= 4 is 22.6 Å². The molecule has 0 fully saturated rings. The summed E-state index contributed by atoms with van der Waals surface area (Å²) in [4.78, 5) is 25.6. The lowest BCUT2D eigenvalue weighted by Crippen LogP contribution is -2.26. The van der Waals surface area contributed by atoms with Gasteiger partial charge < -0.3 is 11.1 Å². The monoisotopic (exact) mass is 359 g/mol. The van der Waals surface area contributed by atoms with E-state index in [9.17, 15) is 4.79 Å². The summed E-state index contributed by atoms with van der Waals surface area (Å²) in [6.07, 6.45) is 5.11. The van der Waals surface area contributed by atoms with E-state index in [1.807, 2.05) is 30.3 Å². The van der Waals surface area contributed by atoms with Crippen LogP contribution < -0.4 is 11.1 Å². The van der Waals surface area contributed by atoms with Gasteiger partial charge in [0, 0.05) is 30.5 Å². The standard InChI is InChI=1S/C19H17N7O/c1-12-18(26-10-4-9-23-26)25-17(20)16(24-12)19(27)22-11-14-6-2-5-13-7-3-8-21-15(13)14/h2-10H,11H2,1H3,(H2,20,25)(H,22,27). The highest BCUT2D eigenvalue weighted by Crippen LogP contribution is 2.17. The third-order valence-corrected chi connectivity index (χ3v) is 4.16. The highest BCUT2D eigenvalue weighted by molar-refractivity contribution is 5.96. The average molecular weight is 359 g/mol. The number of rotatable bonds is 4. The molecule has 0 bridgehead atoms. The molecule has 0 aliphatic rings. The molecule has 0 saturated heterocycles. The molecule has 4 aromatic rings. The molecule has 0 spiro atoms. The van der Waals surface area contributed by atoms with Crippen LogP contribution in [0, 0.1) is 6.92 Å². The number of fused-ring (bicyclic) bond motifs is 1. The molecule has 3 aromatic heterocycles. The van der Waals surface area contributed by atoms with Crippen LogP contribution in [-0.2, 0) is 6.54 Å². The Morgan fingerprint density at radius 3 is 2.81 bits per heavy atom. The summed E-state index contributed by atoms with van der Waals surface area (Å²) < 4.78 is 1.56. The van der Waals surface area contributed by atoms with Gasteiger partial charge in [-0.1, -0.05) is 24.3 Å². The lowest BCUT2D eigenvalue weighted by molar-refractivity contribution is 0.0946. The van der Waals surface area contributed by atoms with Gasteiger partial charge in [-0.2, -0.15) is 5.10 Å². The van der Waals surface area contributed by atoms with Crippen LogP contribution in [0.1, 0.15) is 21.7 Å². The molecule has 0 aliphatic carbocycles. The van der Waals surface area contributed by atoms with E-state index < -0.39 is 0 Å². The van der Waals surface area contributed by atoms with E-state index >= 15 is 0 Å². The second kappa shape index (κ2) is 6.83. The Kier molecular flexibility index (Phi) is 4.21. The van der Waals surface area contributed by atoms with Gasteiger partial charge in [0.15, 0.2) is 17.3 Å². The van der Waals surface area contributed by atoms with Gasteiger partial charge in [0.1, 0.15) is 0 Å². The first-order valence-corrected chi connectivity index (χ1v) is 8.38. The number of nitrogen functional groups attached to an aromatic ring is 1. The van der Waals surface area contributed by atoms with Gasteiger partial charge in [0.25, 0.3) is 5.91 Å².